The molecule has 1 N–H and O–H groups in total. The van der Waals surface area contributed by atoms with Crippen LogP contribution >= 0.6 is 0 Å². The first-order valence-electron chi connectivity index (χ1n) is 11.0. The minimum Gasteiger partial charge on any atom is -0.462 e. The average molecular weight is 417 g/mol. The maximum absolute atomic E-state index is 11.8. The number of rotatable bonds is 8. The number of fused-ring (bicyclic) bond motifs is 1. The van der Waals surface area contributed by atoms with E-state index in [1.54, 1.807) is 7.11 Å². The number of aliphatic hydroxyl groups is 1. The fourth-order valence-electron chi connectivity index (χ4n) is 4.88. The number of aliphatic hydroxyl groups excluding tert-OH is 1. The molecule has 164 valence electrons. The van der Waals surface area contributed by atoms with Gasteiger partial charge in [-0.05, 0) is 36.8 Å². The minimum atomic E-state index is -0.585. The highest BCUT2D eigenvalue weighted by Crippen LogP contribution is 2.44. The van der Waals surface area contributed by atoms with Crippen LogP contribution in [0.15, 0.2) is 36.4 Å². The number of carbonyl (C=O) groups excluding carboxylic acids is 1. The summed E-state index contributed by atoms with van der Waals surface area (Å²) >= 11 is 0. The van der Waals surface area contributed by atoms with Crippen molar-refractivity contribution >= 4 is 5.97 Å². The van der Waals surface area contributed by atoms with E-state index in [0.29, 0.717) is 25.9 Å². The van der Waals surface area contributed by atoms with Gasteiger partial charge in [0.2, 0.25) is 0 Å². The fourth-order valence-corrected chi connectivity index (χ4v) is 4.88. The molecule has 2 unspecified atom stereocenters. The van der Waals surface area contributed by atoms with Crippen molar-refractivity contribution in [1.29, 1.82) is 0 Å². The highest BCUT2D eigenvalue weighted by Gasteiger charge is 2.50. The van der Waals surface area contributed by atoms with E-state index in [1.807, 2.05) is 30.3 Å². The number of ether oxygens (including phenoxy) is 4. The summed E-state index contributed by atoms with van der Waals surface area (Å²) in [5.41, 5.74) is 1.92. The van der Waals surface area contributed by atoms with Gasteiger partial charge in [-0.15, -0.1) is 0 Å². The predicted molar refractivity (Wildman–Crippen MR) is 110 cm³/mol. The first-order chi connectivity index (χ1) is 14.6. The summed E-state index contributed by atoms with van der Waals surface area (Å²) in [6.45, 7) is 1.27. The molecule has 0 aromatic heterocycles. The molecular formula is C24H32O6. The summed E-state index contributed by atoms with van der Waals surface area (Å²) in [4.78, 5) is 11.8. The van der Waals surface area contributed by atoms with E-state index in [9.17, 15) is 9.90 Å². The molecule has 30 heavy (non-hydrogen) atoms. The predicted octanol–water partition coefficient (Wildman–Crippen LogP) is 3.68. The maximum atomic E-state index is 11.8. The largest absolute Gasteiger partial charge is 0.462 e. The van der Waals surface area contributed by atoms with Crippen molar-refractivity contribution < 1.29 is 28.8 Å². The third-order valence-electron chi connectivity index (χ3n) is 6.38. The summed E-state index contributed by atoms with van der Waals surface area (Å²) in [7, 11) is 1.66. The highest BCUT2D eigenvalue weighted by atomic mass is 16.7. The molecule has 1 aliphatic carbocycles. The summed E-state index contributed by atoms with van der Waals surface area (Å²) < 4.78 is 22.7. The van der Waals surface area contributed by atoms with Crippen LogP contribution in [0, 0.1) is 11.8 Å². The van der Waals surface area contributed by atoms with Gasteiger partial charge < -0.3 is 24.1 Å². The van der Waals surface area contributed by atoms with Crippen molar-refractivity contribution in [2.24, 2.45) is 11.8 Å². The van der Waals surface area contributed by atoms with Gasteiger partial charge in [0, 0.05) is 32.0 Å². The van der Waals surface area contributed by atoms with Gasteiger partial charge in [0.15, 0.2) is 6.29 Å². The molecule has 0 amide bonds. The van der Waals surface area contributed by atoms with E-state index in [2.05, 4.69) is 6.08 Å². The molecule has 1 aromatic carbocycles. The maximum Gasteiger partial charge on any atom is 0.306 e. The van der Waals surface area contributed by atoms with E-state index in [4.69, 9.17) is 18.9 Å². The van der Waals surface area contributed by atoms with Crippen LogP contribution in [-0.2, 0) is 30.3 Å². The molecule has 1 saturated carbocycles. The minimum absolute atomic E-state index is 0.0189. The Hall–Kier alpha value is -1.73. The second-order valence-corrected chi connectivity index (χ2v) is 8.54. The van der Waals surface area contributed by atoms with Crippen LogP contribution in [0.4, 0.5) is 0 Å². The van der Waals surface area contributed by atoms with Crippen LogP contribution in [0.1, 0.15) is 55.8 Å². The molecule has 6 atom stereocenters. The molecule has 6 nitrogen and oxygen atoms in total. The van der Waals surface area contributed by atoms with E-state index in [-0.39, 0.29) is 36.3 Å². The third kappa shape index (κ3) is 5.11. The molecule has 0 bridgehead atoms. The molecule has 2 saturated heterocycles. The van der Waals surface area contributed by atoms with Gasteiger partial charge in [-0.25, -0.2) is 0 Å². The smallest absolute Gasteiger partial charge is 0.306 e. The molecular weight excluding hydrogens is 384 g/mol. The van der Waals surface area contributed by atoms with Crippen LogP contribution in [0.3, 0.4) is 0 Å². The lowest BCUT2D eigenvalue weighted by molar-refractivity contribution is -0.194. The summed E-state index contributed by atoms with van der Waals surface area (Å²) in [5.74, 6) is 0.120. The van der Waals surface area contributed by atoms with E-state index in [1.165, 1.54) is 0 Å². The number of benzene rings is 1. The standard InChI is InChI=1S/C24H32O6/c1-27-15-16-6-4-7-17(12-16)20(25)9-5-8-18-19-13-23(26)29-22(19)14-21(18)30-24-10-2-3-11-28-24/h4-8,12,18-22,24-25H,2-3,9-11,13-15H2,1H3/t18-,19-,20?,21-,22+,24?/m1/s1. The first-order valence-corrected chi connectivity index (χ1v) is 11.0. The van der Waals surface area contributed by atoms with Gasteiger partial charge in [0.1, 0.15) is 6.10 Å². The van der Waals surface area contributed by atoms with Crippen molar-refractivity contribution in [1.82, 2.24) is 0 Å². The Bertz CT molecular complexity index is 741. The molecule has 6 heteroatoms. The van der Waals surface area contributed by atoms with Gasteiger partial charge in [-0.3, -0.25) is 4.79 Å². The Morgan fingerprint density at radius 1 is 1.33 bits per heavy atom. The first kappa shape index (κ1) is 21.5. The molecule has 2 heterocycles. The molecule has 1 aromatic rings. The summed E-state index contributed by atoms with van der Waals surface area (Å²) in [6.07, 6.45) is 8.06. The second kappa shape index (κ2) is 10.1. The lowest BCUT2D eigenvalue weighted by Gasteiger charge is -2.28. The topological polar surface area (TPSA) is 74.2 Å². The van der Waals surface area contributed by atoms with E-state index >= 15 is 0 Å². The normalized spacial score (nSPS) is 32.3. The second-order valence-electron chi connectivity index (χ2n) is 8.54. The highest BCUT2D eigenvalue weighted by molar-refractivity contribution is 5.72. The fraction of sp³-hybridized carbons (Fsp3) is 0.625. The van der Waals surface area contributed by atoms with Crippen LogP contribution in [0.5, 0.6) is 0 Å². The SMILES string of the molecule is COCc1cccc(C(O)CC=C[C@@H]2[C@H]3CC(=O)O[C@H]3C[C@H]2OC2CCCCO2)c1. The zero-order valence-corrected chi connectivity index (χ0v) is 17.6. The van der Waals surface area contributed by atoms with Crippen molar-refractivity contribution in [3.05, 3.63) is 47.5 Å². The van der Waals surface area contributed by atoms with E-state index in [0.717, 1.165) is 37.0 Å². The van der Waals surface area contributed by atoms with Crippen molar-refractivity contribution in [2.75, 3.05) is 13.7 Å². The Kier molecular flexibility index (Phi) is 7.20. The van der Waals surface area contributed by atoms with Crippen LogP contribution in [0.2, 0.25) is 0 Å². The molecule has 3 fully saturated rings. The lowest BCUT2D eigenvalue weighted by atomic mass is 9.91. The molecule has 3 aliphatic rings. The Morgan fingerprint density at radius 3 is 3.03 bits per heavy atom. The number of esters is 1. The van der Waals surface area contributed by atoms with Crippen molar-refractivity contribution in [2.45, 2.75) is 69.7 Å². The molecule has 0 spiro atoms. The van der Waals surface area contributed by atoms with Crippen molar-refractivity contribution in [3.63, 3.8) is 0 Å². The Labute approximate surface area is 178 Å². The lowest BCUT2D eigenvalue weighted by Crippen LogP contribution is -2.31. The Balaban J connectivity index is 1.39. The number of carbonyl (C=O) groups is 1. The molecule has 0 radical (unpaired) electrons. The van der Waals surface area contributed by atoms with Gasteiger partial charge in [-0.1, -0.05) is 36.4 Å². The molecule has 2 aliphatic heterocycles. The third-order valence-corrected chi connectivity index (χ3v) is 6.38. The van der Waals surface area contributed by atoms with Crippen LogP contribution in [0.25, 0.3) is 0 Å². The number of hydrogen-bond donors (Lipinski definition) is 1. The van der Waals surface area contributed by atoms with Gasteiger partial charge in [-0.2, -0.15) is 0 Å². The monoisotopic (exact) mass is 416 g/mol. The van der Waals surface area contributed by atoms with Crippen molar-refractivity contribution in [3.8, 4) is 0 Å². The summed E-state index contributed by atoms with van der Waals surface area (Å²) in [5, 5.41) is 10.6. The van der Waals surface area contributed by atoms with Gasteiger partial charge in [0.05, 0.1) is 25.2 Å². The molecule has 4 rings (SSSR count). The van der Waals surface area contributed by atoms with Gasteiger partial charge >= 0.3 is 5.97 Å². The average Bonchev–Trinajstić information content (AvgIpc) is 3.25. The van der Waals surface area contributed by atoms with Crippen LogP contribution in [-0.4, -0.2) is 43.3 Å². The quantitative estimate of drug-likeness (QED) is 0.515. The van der Waals surface area contributed by atoms with Crippen LogP contribution < -0.4 is 0 Å². The number of methoxy groups -OCH3 is 1. The Morgan fingerprint density at radius 2 is 2.23 bits per heavy atom. The van der Waals surface area contributed by atoms with Gasteiger partial charge in [0.25, 0.3) is 0 Å². The zero-order chi connectivity index (χ0) is 20.9. The van der Waals surface area contributed by atoms with E-state index < -0.39 is 6.10 Å². The summed E-state index contributed by atoms with van der Waals surface area (Å²) in [6, 6.07) is 7.83. The zero-order valence-electron chi connectivity index (χ0n) is 17.6. The number of hydrogen-bond acceptors (Lipinski definition) is 6.